The van der Waals surface area contributed by atoms with Crippen molar-refractivity contribution in [2.45, 2.75) is 25.8 Å². The van der Waals surface area contributed by atoms with Crippen molar-refractivity contribution >= 4 is 5.91 Å². The minimum Gasteiger partial charge on any atom is -0.341 e. The van der Waals surface area contributed by atoms with Crippen LogP contribution in [0.25, 0.3) is 0 Å². The second-order valence-electron chi connectivity index (χ2n) is 3.31. The predicted octanol–water partition coefficient (Wildman–Crippen LogP) is 0.773. The Kier molecular flexibility index (Phi) is 3.96. The molecule has 0 radical (unpaired) electrons. The van der Waals surface area contributed by atoms with Crippen LogP contribution in [0.3, 0.4) is 0 Å². The Morgan fingerprint density at radius 3 is 3.00 bits per heavy atom. The van der Waals surface area contributed by atoms with Gasteiger partial charge in [0.2, 0.25) is 5.91 Å². The maximum Gasteiger partial charge on any atom is 0.239 e. The van der Waals surface area contributed by atoms with Crippen LogP contribution in [-0.2, 0) is 4.79 Å². The first-order valence-electron chi connectivity index (χ1n) is 4.86. The Morgan fingerprint density at radius 2 is 2.46 bits per heavy atom. The normalized spacial score (nSPS) is 23.4. The molecule has 3 nitrogen and oxygen atoms in total. The van der Waals surface area contributed by atoms with Gasteiger partial charge in [0, 0.05) is 13.1 Å². The van der Waals surface area contributed by atoms with Crippen molar-refractivity contribution in [2.75, 3.05) is 20.1 Å². The van der Waals surface area contributed by atoms with Crippen molar-refractivity contribution in [3.63, 3.8) is 0 Å². The van der Waals surface area contributed by atoms with Gasteiger partial charge in [0.15, 0.2) is 0 Å². The summed E-state index contributed by atoms with van der Waals surface area (Å²) in [6.07, 6.45) is 6.04. The number of likely N-dealkylation sites (tertiary alicyclic amines) is 1. The van der Waals surface area contributed by atoms with E-state index in [9.17, 15) is 4.79 Å². The van der Waals surface area contributed by atoms with E-state index in [1.807, 2.05) is 24.9 Å². The third kappa shape index (κ3) is 2.56. The number of nitrogens with zero attached hydrogens (tertiary/aromatic N) is 1. The van der Waals surface area contributed by atoms with Gasteiger partial charge in [-0.3, -0.25) is 4.79 Å². The van der Waals surface area contributed by atoms with E-state index in [1.54, 1.807) is 0 Å². The van der Waals surface area contributed by atoms with Gasteiger partial charge in [0.05, 0.1) is 6.04 Å². The van der Waals surface area contributed by atoms with Gasteiger partial charge in [0.1, 0.15) is 0 Å². The van der Waals surface area contributed by atoms with Crippen LogP contribution in [0.2, 0.25) is 0 Å². The quantitative estimate of drug-likeness (QED) is 0.651. The Morgan fingerprint density at radius 1 is 1.69 bits per heavy atom. The third-order valence-electron chi connectivity index (χ3n) is 2.45. The Labute approximate surface area is 79.8 Å². The highest BCUT2D eigenvalue weighted by atomic mass is 16.2. The predicted molar refractivity (Wildman–Crippen MR) is 53.5 cm³/mol. The standard InChI is InChI=1S/C10H18N2O/c1-3-4-5-7-12-8-6-9(11-2)10(12)13/h3-4,9,11H,5-8H2,1-2H3/b4-3+. The molecule has 0 spiro atoms. The zero-order valence-corrected chi connectivity index (χ0v) is 8.42. The van der Waals surface area contributed by atoms with Gasteiger partial charge in [-0.15, -0.1) is 0 Å². The molecule has 1 aliphatic rings. The van der Waals surface area contributed by atoms with Crippen LogP contribution in [-0.4, -0.2) is 37.0 Å². The lowest BCUT2D eigenvalue weighted by atomic mass is 10.2. The molecule has 1 heterocycles. The fraction of sp³-hybridized carbons (Fsp3) is 0.700. The van der Waals surface area contributed by atoms with Crippen LogP contribution in [0.15, 0.2) is 12.2 Å². The molecule has 74 valence electrons. The van der Waals surface area contributed by atoms with Gasteiger partial charge in [-0.2, -0.15) is 0 Å². The van der Waals surface area contributed by atoms with Gasteiger partial charge >= 0.3 is 0 Å². The van der Waals surface area contributed by atoms with E-state index < -0.39 is 0 Å². The molecular formula is C10H18N2O. The zero-order valence-electron chi connectivity index (χ0n) is 8.42. The van der Waals surface area contributed by atoms with Gasteiger partial charge < -0.3 is 10.2 Å². The molecule has 0 aliphatic carbocycles. The van der Waals surface area contributed by atoms with Crippen molar-refractivity contribution in [1.29, 1.82) is 0 Å². The van der Waals surface area contributed by atoms with Crippen molar-refractivity contribution in [1.82, 2.24) is 10.2 Å². The molecule has 1 aliphatic heterocycles. The van der Waals surface area contributed by atoms with Crippen molar-refractivity contribution < 1.29 is 4.79 Å². The molecule has 0 bridgehead atoms. The number of carbonyl (C=O) groups is 1. The van der Waals surface area contributed by atoms with Crippen molar-refractivity contribution in [3.8, 4) is 0 Å². The minimum absolute atomic E-state index is 0.0607. The van der Waals surface area contributed by atoms with Crippen LogP contribution in [0.5, 0.6) is 0 Å². The van der Waals surface area contributed by atoms with E-state index in [-0.39, 0.29) is 11.9 Å². The fourth-order valence-electron chi connectivity index (χ4n) is 1.63. The maximum atomic E-state index is 11.6. The summed E-state index contributed by atoms with van der Waals surface area (Å²) in [6.45, 7) is 3.77. The zero-order chi connectivity index (χ0) is 9.68. The van der Waals surface area contributed by atoms with Gasteiger partial charge in [0.25, 0.3) is 0 Å². The highest BCUT2D eigenvalue weighted by Crippen LogP contribution is 2.10. The smallest absolute Gasteiger partial charge is 0.239 e. The SMILES string of the molecule is C/C=C/CCN1CCC(NC)C1=O. The topological polar surface area (TPSA) is 32.3 Å². The van der Waals surface area contributed by atoms with E-state index in [0.29, 0.717) is 0 Å². The van der Waals surface area contributed by atoms with Crippen LogP contribution < -0.4 is 5.32 Å². The summed E-state index contributed by atoms with van der Waals surface area (Å²) < 4.78 is 0. The maximum absolute atomic E-state index is 11.6. The van der Waals surface area contributed by atoms with Crippen LogP contribution in [0.1, 0.15) is 19.8 Å². The molecule has 1 unspecified atom stereocenters. The van der Waals surface area contributed by atoms with Crippen LogP contribution >= 0.6 is 0 Å². The van der Waals surface area contributed by atoms with Crippen molar-refractivity contribution in [3.05, 3.63) is 12.2 Å². The van der Waals surface area contributed by atoms with Crippen LogP contribution in [0, 0.1) is 0 Å². The summed E-state index contributed by atoms with van der Waals surface area (Å²) in [7, 11) is 1.85. The molecule has 0 aromatic carbocycles. The Balaban J connectivity index is 2.32. The second kappa shape index (κ2) is 5.02. The molecule has 0 saturated carbocycles. The molecule has 1 fully saturated rings. The summed E-state index contributed by atoms with van der Waals surface area (Å²) in [5, 5.41) is 3.02. The summed E-state index contributed by atoms with van der Waals surface area (Å²) >= 11 is 0. The summed E-state index contributed by atoms with van der Waals surface area (Å²) in [6, 6.07) is 0.0607. The minimum atomic E-state index is 0.0607. The first kappa shape index (κ1) is 10.3. The second-order valence-corrected chi connectivity index (χ2v) is 3.31. The number of hydrogen-bond acceptors (Lipinski definition) is 2. The third-order valence-corrected chi connectivity index (χ3v) is 2.45. The number of hydrogen-bond donors (Lipinski definition) is 1. The Hall–Kier alpha value is -0.830. The molecular weight excluding hydrogens is 164 g/mol. The van der Waals surface area contributed by atoms with Crippen molar-refractivity contribution in [2.24, 2.45) is 0 Å². The van der Waals surface area contributed by atoms with Gasteiger partial charge in [-0.05, 0) is 26.8 Å². The number of carbonyl (C=O) groups excluding carboxylic acids is 1. The number of allylic oxidation sites excluding steroid dienone is 1. The molecule has 1 rings (SSSR count). The lowest BCUT2D eigenvalue weighted by molar-refractivity contribution is -0.129. The fourth-order valence-corrected chi connectivity index (χ4v) is 1.63. The molecule has 0 aromatic rings. The molecule has 1 saturated heterocycles. The van der Waals surface area contributed by atoms with Crippen LogP contribution in [0.4, 0.5) is 0 Å². The number of likely N-dealkylation sites (N-methyl/N-ethyl adjacent to an activating group) is 1. The first-order chi connectivity index (χ1) is 6.29. The van der Waals surface area contributed by atoms with E-state index >= 15 is 0 Å². The van der Waals surface area contributed by atoms with Gasteiger partial charge in [-0.1, -0.05) is 12.2 Å². The average molecular weight is 182 g/mol. The largest absolute Gasteiger partial charge is 0.341 e. The highest BCUT2D eigenvalue weighted by Gasteiger charge is 2.29. The average Bonchev–Trinajstić information content (AvgIpc) is 2.48. The lowest BCUT2D eigenvalue weighted by Crippen LogP contribution is -2.36. The molecule has 0 aromatic heterocycles. The molecule has 1 amide bonds. The monoisotopic (exact) mass is 182 g/mol. The lowest BCUT2D eigenvalue weighted by Gasteiger charge is -2.14. The Bertz CT molecular complexity index is 201. The highest BCUT2D eigenvalue weighted by molar-refractivity contribution is 5.83. The van der Waals surface area contributed by atoms with E-state index in [2.05, 4.69) is 11.4 Å². The first-order valence-corrected chi connectivity index (χ1v) is 4.86. The number of rotatable bonds is 4. The van der Waals surface area contributed by atoms with Gasteiger partial charge in [-0.25, -0.2) is 0 Å². The number of amides is 1. The number of nitrogens with one attached hydrogen (secondary N) is 1. The van der Waals surface area contributed by atoms with E-state index in [1.165, 1.54) is 0 Å². The molecule has 3 heteroatoms. The van der Waals surface area contributed by atoms with E-state index in [4.69, 9.17) is 0 Å². The summed E-state index contributed by atoms with van der Waals surface area (Å²) in [4.78, 5) is 13.5. The molecule has 1 N–H and O–H groups in total. The van der Waals surface area contributed by atoms with E-state index in [0.717, 1.165) is 25.9 Å². The molecule has 13 heavy (non-hydrogen) atoms. The summed E-state index contributed by atoms with van der Waals surface area (Å²) in [5.41, 5.74) is 0. The summed E-state index contributed by atoms with van der Waals surface area (Å²) in [5.74, 6) is 0.256. The molecule has 1 atom stereocenters.